The van der Waals surface area contributed by atoms with Crippen molar-refractivity contribution < 1.29 is 0 Å². The van der Waals surface area contributed by atoms with Gasteiger partial charge in [-0.2, -0.15) is 0 Å². The molecule has 1 saturated heterocycles. The third-order valence-corrected chi connectivity index (χ3v) is 3.48. The highest BCUT2D eigenvalue weighted by Crippen LogP contribution is 2.26. The van der Waals surface area contributed by atoms with E-state index < -0.39 is 0 Å². The van der Waals surface area contributed by atoms with Crippen molar-refractivity contribution in [3.8, 4) is 0 Å². The summed E-state index contributed by atoms with van der Waals surface area (Å²) in [5, 5.41) is 0. The Morgan fingerprint density at radius 1 is 1.50 bits per heavy atom. The van der Waals surface area contributed by atoms with Crippen molar-refractivity contribution in [3.05, 3.63) is 23.4 Å². The standard InChI is InChI=1S/C13H21N3/c1-3-11-6-7-16(9-11)13-12(8-14)5-4-10(2)15-13/h4-5,11H,3,6-9,14H2,1-2H3. The number of aryl methyl sites for hydroxylation is 1. The Hall–Kier alpha value is -1.09. The summed E-state index contributed by atoms with van der Waals surface area (Å²) in [5.41, 5.74) is 8.01. The largest absolute Gasteiger partial charge is 0.356 e. The van der Waals surface area contributed by atoms with Gasteiger partial charge in [0.1, 0.15) is 5.82 Å². The fraction of sp³-hybridized carbons (Fsp3) is 0.615. The van der Waals surface area contributed by atoms with Crippen LogP contribution in [0.2, 0.25) is 0 Å². The van der Waals surface area contributed by atoms with Crippen molar-refractivity contribution in [2.45, 2.75) is 33.2 Å². The second-order valence-electron chi connectivity index (χ2n) is 4.65. The van der Waals surface area contributed by atoms with Crippen LogP contribution in [0.3, 0.4) is 0 Å². The fourth-order valence-corrected chi connectivity index (χ4v) is 2.36. The SMILES string of the molecule is CCC1CCN(c2nc(C)ccc2CN)C1. The molecule has 0 saturated carbocycles. The molecule has 1 unspecified atom stereocenters. The third-order valence-electron chi connectivity index (χ3n) is 3.48. The summed E-state index contributed by atoms with van der Waals surface area (Å²) in [6.07, 6.45) is 2.55. The maximum atomic E-state index is 5.77. The Labute approximate surface area is 97.7 Å². The average molecular weight is 219 g/mol. The molecule has 2 N–H and O–H groups in total. The monoisotopic (exact) mass is 219 g/mol. The molecule has 0 spiro atoms. The van der Waals surface area contributed by atoms with Crippen LogP contribution in [0.5, 0.6) is 0 Å². The molecule has 2 rings (SSSR count). The summed E-state index contributed by atoms with van der Waals surface area (Å²) in [6, 6.07) is 4.15. The Balaban J connectivity index is 2.22. The lowest BCUT2D eigenvalue weighted by Crippen LogP contribution is -2.23. The number of hydrogen-bond acceptors (Lipinski definition) is 3. The minimum absolute atomic E-state index is 0.579. The number of hydrogen-bond donors (Lipinski definition) is 1. The average Bonchev–Trinajstić information content (AvgIpc) is 2.77. The van der Waals surface area contributed by atoms with E-state index in [0.717, 1.165) is 30.5 Å². The van der Waals surface area contributed by atoms with Gasteiger partial charge in [-0.1, -0.05) is 19.4 Å². The van der Waals surface area contributed by atoms with E-state index in [9.17, 15) is 0 Å². The predicted octanol–water partition coefficient (Wildman–Crippen LogP) is 2.09. The van der Waals surface area contributed by atoms with Gasteiger partial charge >= 0.3 is 0 Å². The molecule has 3 nitrogen and oxygen atoms in total. The van der Waals surface area contributed by atoms with Crippen molar-refractivity contribution >= 4 is 5.82 Å². The molecule has 0 aliphatic carbocycles. The van der Waals surface area contributed by atoms with E-state index in [-0.39, 0.29) is 0 Å². The second kappa shape index (κ2) is 4.83. The molecule has 0 aromatic carbocycles. The van der Waals surface area contributed by atoms with Gasteiger partial charge in [0.2, 0.25) is 0 Å². The van der Waals surface area contributed by atoms with Gasteiger partial charge in [-0.15, -0.1) is 0 Å². The second-order valence-corrected chi connectivity index (χ2v) is 4.65. The fourth-order valence-electron chi connectivity index (χ4n) is 2.36. The van der Waals surface area contributed by atoms with Gasteiger partial charge in [-0.25, -0.2) is 4.98 Å². The summed E-state index contributed by atoms with van der Waals surface area (Å²) in [7, 11) is 0. The van der Waals surface area contributed by atoms with Crippen molar-refractivity contribution in [2.75, 3.05) is 18.0 Å². The summed E-state index contributed by atoms with van der Waals surface area (Å²) in [5.74, 6) is 1.94. The summed E-state index contributed by atoms with van der Waals surface area (Å²) >= 11 is 0. The molecule has 88 valence electrons. The van der Waals surface area contributed by atoms with Crippen LogP contribution in [0, 0.1) is 12.8 Å². The van der Waals surface area contributed by atoms with E-state index in [2.05, 4.69) is 22.9 Å². The molecule has 1 fully saturated rings. The minimum atomic E-state index is 0.579. The molecule has 1 atom stereocenters. The van der Waals surface area contributed by atoms with E-state index in [0.29, 0.717) is 6.54 Å². The molecular weight excluding hydrogens is 198 g/mol. The highest BCUT2D eigenvalue weighted by atomic mass is 15.2. The Morgan fingerprint density at radius 2 is 2.31 bits per heavy atom. The number of anilines is 1. The highest BCUT2D eigenvalue weighted by Gasteiger charge is 2.23. The topological polar surface area (TPSA) is 42.2 Å². The Kier molecular flexibility index (Phi) is 3.44. The van der Waals surface area contributed by atoms with E-state index in [1.165, 1.54) is 18.4 Å². The predicted molar refractivity (Wildman–Crippen MR) is 67.5 cm³/mol. The van der Waals surface area contributed by atoms with Crippen LogP contribution >= 0.6 is 0 Å². The number of aromatic nitrogens is 1. The van der Waals surface area contributed by atoms with Gasteiger partial charge in [0.15, 0.2) is 0 Å². The van der Waals surface area contributed by atoms with Gasteiger partial charge in [-0.3, -0.25) is 0 Å². The first-order valence-corrected chi connectivity index (χ1v) is 6.16. The first-order chi connectivity index (χ1) is 7.74. The van der Waals surface area contributed by atoms with Gasteiger partial charge in [0, 0.05) is 30.9 Å². The maximum Gasteiger partial charge on any atom is 0.133 e. The minimum Gasteiger partial charge on any atom is -0.356 e. The van der Waals surface area contributed by atoms with Crippen molar-refractivity contribution in [1.29, 1.82) is 0 Å². The summed E-state index contributed by atoms with van der Waals surface area (Å²) < 4.78 is 0. The van der Waals surface area contributed by atoms with Gasteiger partial charge in [-0.05, 0) is 25.3 Å². The zero-order valence-electron chi connectivity index (χ0n) is 10.2. The first kappa shape index (κ1) is 11.4. The van der Waals surface area contributed by atoms with Crippen LogP contribution in [0.1, 0.15) is 31.0 Å². The number of rotatable bonds is 3. The van der Waals surface area contributed by atoms with Crippen LogP contribution in [0.25, 0.3) is 0 Å². The molecule has 1 aromatic heterocycles. The first-order valence-electron chi connectivity index (χ1n) is 6.16. The van der Waals surface area contributed by atoms with E-state index in [1.807, 2.05) is 13.0 Å². The summed E-state index contributed by atoms with van der Waals surface area (Å²) in [6.45, 7) is 7.15. The van der Waals surface area contributed by atoms with Crippen LogP contribution in [-0.4, -0.2) is 18.1 Å². The molecule has 16 heavy (non-hydrogen) atoms. The van der Waals surface area contributed by atoms with Crippen molar-refractivity contribution in [2.24, 2.45) is 11.7 Å². The quantitative estimate of drug-likeness (QED) is 0.846. The van der Waals surface area contributed by atoms with Gasteiger partial charge in [0.05, 0.1) is 0 Å². The van der Waals surface area contributed by atoms with Crippen LogP contribution in [0.4, 0.5) is 5.82 Å². The number of pyridine rings is 1. The lowest BCUT2D eigenvalue weighted by Gasteiger charge is -2.20. The van der Waals surface area contributed by atoms with E-state index >= 15 is 0 Å². The van der Waals surface area contributed by atoms with Crippen molar-refractivity contribution in [3.63, 3.8) is 0 Å². The number of nitrogens with zero attached hydrogens (tertiary/aromatic N) is 2. The lowest BCUT2D eigenvalue weighted by molar-refractivity contribution is 0.568. The lowest BCUT2D eigenvalue weighted by atomic mass is 10.1. The normalized spacial score (nSPS) is 20.4. The van der Waals surface area contributed by atoms with E-state index in [4.69, 9.17) is 5.73 Å². The summed E-state index contributed by atoms with van der Waals surface area (Å²) in [4.78, 5) is 7.03. The van der Waals surface area contributed by atoms with Gasteiger partial charge in [0.25, 0.3) is 0 Å². The van der Waals surface area contributed by atoms with Crippen LogP contribution < -0.4 is 10.6 Å². The smallest absolute Gasteiger partial charge is 0.133 e. The molecule has 0 amide bonds. The molecular formula is C13H21N3. The molecule has 2 heterocycles. The van der Waals surface area contributed by atoms with Crippen LogP contribution in [-0.2, 0) is 6.54 Å². The van der Waals surface area contributed by atoms with Crippen LogP contribution in [0.15, 0.2) is 12.1 Å². The van der Waals surface area contributed by atoms with E-state index in [1.54, 1.807) is 0 Å². The van der Waals surface area contributed by atoms with Crippen molar-refractivity contribution in [1.82, 2.24) is 4.98 Å². The molecule has 0 radical (unpaired) electrons. The zero-order valence-corrected chi connectivity index (χ0v) is 10.2. The molecule has 1 aliphatic rings. The molecule has 1 aliphatic heterocycles. The zero-order chi connectivity index (χ0) is 11.5. The maximum absolute atomic E-state index is 5.77. The Morgan fingerprint density at radius 3 is 2.94 bits per heavy atom. The van der Waals surface area contributed by atoms with Gasteiger partial charge < -0.3 is 10.6 Å². The Bertz CT molecular complexity index is 362. The molecule has 3 heteroatoms. The number of nitrogens with two attached hydrogens (primary N) is 1. The molecule has 1 aromatic rings. The highest BCUT2D eigenvalue weighted by molar-refractivity contribution is 5.48. The third kappa shape index (κ3) is 2.19. The molecule has 0 bridgehead atoms.